The van der Waals surface area contributed by atoms with E-state index in [2.05, 4.69) is 0 Å². The number of nitriles is 1. The van der Waals surface area contributed by atoms with Crippen LogP contribution in [0.4, 0.5) is 13.2 Å². The Morgan fingerprint density at radius 1 is 1.40 bits per heavy atom. The van der Waals surface area contributed by atoms with E-state index in [9.17, 15) is 21.6 Å². The molecule has 0 heterocycles. The Bertz CT molecular complexity index is 342. The molecule has 0 atom stereocenters. The second-order valence-electron chi connectivity index (χ2n) is 3.17. The predicted molar refractivity (Wildman–Crippen MR) is 47.3 cm³/mol. The largest absolute Gasteiger partial charge is 0.402 e. The summed E-state index contributed by atoms with van der Waals surface area (Å²) < 4.78 is 58.9. The van der Waals surface area contributed by atoms with Gasteiger partial charge in [0.1, 0.15) is 6.54 Å². The minimum absolute atomic E-state index is 0.274. The Hall–Kier alpha value is -0.810. The van der Waals surface area contributed by atoms with Crippen molar-refractivity contribution in [2.45, 2.75) is 26.1 Å². The van der Waals surface area contributed by atoms with Crippen molar-refractivity contribution in [3.63, 3.8) is 0 Å². The van der Waals surface area contributed by atoms with Crippen LogP contribution >= 0.6 is 0 Å². The van der Waals surface area contributed by atoms with Gasteiger partial charge in [-0.15, -0.1) is 0 Å². The van der Waals surface area contributed by atoms with Gasteiger partial charge in [0.25, 0.3) is 0 Å². The quantitative estimate of drug-likeness (QED) is 0.744. The van der Waals surface area contributed by atoms with Crippen molar-refractivity contribution in [1.82, 2.24) is 4.31 Å². The maximum atomic E-state index is 12.0. The van der Waals surface area contributed by atoms with Gasteiger partial charge < -0.3 is 0 Å². The summed E-state index contributed by atoms with van der Waals surface area (Å²) >= 11 is 0. The van der Waals surface area contributed by atoms with E-state index in [-0.39, 0.29) is 4.31 Å². The number of sulfonamides is 1. The summed E-state index contributed by atoms with van der Waals surface area (Å²) in [5.41, 5.74) is 0. The van der Waals surface area contributed by atoms with Crippen LogP contribution < -0.4 is 0 Å². The zero-order chi connectivity index (χ0) is 12.3. The van der Waals surface area contributed by atoms with E-state index in [0.717, 1.165) is 0 Å². The van der Waals surface area contributed by atoms with Gasteiger partial charge in [-0.05, 0) is 13.8 Å². The zero-order valence-corrected chi connectivity index (χ0v) is 9.06. The third-order valence-corrected chi connectivity index (χ3v) is 3.27. The van der Waals surface area contributed by atoms with Crippen molar-refractivity contribution >= 4 is 10.0 Å². The Balaban J connectivity index is 4.93. The van der Waals surface area contributed by atoms with Gasteiger partial charge in [-0.1, -0.05) is 0 Å². The topological polar surface area (TPSA) is 61.2 Å². The molecule has 0 amide bonds. The zero-order valence-electron chi connectivity index (χ0n) is 8.24. The summed E-state index contributed by atoms with van der Waals surface area (Å²) in [5, 5.41) is 8.19. The van der Waals surface area contributed by atoms with Gasteiger partial charge in [0.15, 0.2) is 5.75 Å². The van der Waals surface area contributed by atoms with Gasteiger partial charge in [-0.2, -0.15) is 22.7 Å². The van der Waals surface area contributed by atoms with E-state index >= 15 is 0 Å². The molecule has 0 radical (unpaired) electrons. The van der Waals surface area contributed by atoms with Crippen LogP contribution in [-0.2, 0) is 10.0 Å². The van der Waals surface area contributed by atoms with Crippen molar-refractivity contribution in [3.05, 3.63) is 0 Å². The summed E-state index contributed by atoms with van der Waals surface area (Å²) in [6.45, 7) is 1.08. The van der Waals surface area contributed by atoms with Crippen molar-refractivity contribution in [1.29, 1.82) is 5.26 Å². The van der Waals surface area contributed by atoms with Crippen LogP contribution in [0.3, 0.4) is 0 Å². The fraction of sp³-hybridized carbons (Fsp3) is 0.857. The van der Waals surface area contributed by atoms with Crippen molar-refractivity contribution in [3.8, 4) is 6.07 Å². The normalized spacial score (nSPS) is 13.2. The van der Waals surface area contributed by atoms with E-state index in [1.54, 1.807) is 0 Å². The van der Waals surface area contributed by atoms with Crippen LogP contribution in [0.1, 0.15) is 13.8 Å². The summed E-state index contributed by atoms with van der Waals surface area (Å²) in [6, 6.07) is 0.503. The molecule has 0 aliphatic carbocycles. The first kappa shape index (κ1) is 14.2. The van der Waals surface area contributed by atoms with Crippen LogP contribution in [0, 0.1) is 11.3 Å². The van der Waals surface area contributed by atoms with Crippen molar-refractivity contribution in [2.75, 3.05) is 12.3 Å². The molecule has 0 fully saturated rings. The van der Waals surface area contributed by atoms with E-state index in [1.165, 1.54) is 19.9 Å². The second kappa shape index (κ2) is 4.81. The molecule has 0 aromatic carbocycles. The first-order valence-electron chi connectivity index (χ1n) is 4.03. The van der Waals surface area contributed by atoms with Crippen molar-refractivity contribution < 1.29 is 21.6 Å². The Labute approximate surface area is 86.3 Å². The average molecular weight is 244 g/mol. The predicted octanol–water partition coefficient (Wildman–Crippen LogP) is 1.11. The molecule has 0 N–H and O–H groups in total. The molecule has 0 aliphatic heterocycles. The summed E-state index contributed by atoms with van der Waals surface area (Å²) in [4.78, 5) is 0. The smallest absolute Gasteiger partial charge is 0.211 e. The van der Waals surface area contributed by atoms with Crippen LogP contribution in [0.5, 0.6) is 0 Å². The Morgan fingerprint density at radius 3 is 2.13 bits per heavy atom. The molecule has 0 aromatic heterocycles. The van der Waals surface area contributed by atoms with Crippen LogP contribution in [0.15, 0.2) is 0 Å². The maximum absolute atomic E-state index is 12.0. The fourth-order valence-corrected chi connectivity index (χ4v) is 2.26. The first-order chi connectivity index (χ1) is 6.60. The van der Waals surface area contributed by atoms with E-state index in [1.807, 2.05) is 0 Å². The average Bonchev–Trinajstić information content (AvgIpc) is 1.97. The molecule has 0 unspecified atom stereocenters. The third-order valence-electron chi connectivity index (χ3n) is 1.52. The van der Waals surface area contributed by atoms with Gasteiger partial charge in [0.05, 0.1) is 6.07 Å². The lowest BCUT2D eigenvalue weighted by atomic mass is 10.4. The van der Waals surface area contributed by atoms with Crippen LogP contribution in [0.25, 0.3) is 0 Å². The number of hydrogen-bond acceptors (Lipinski definition) is 3. The van der Waals surface area contributed by atoms with Crippen molar-refractivity contribution in [2.24, 2.45) is 0 Å². The highest BCUT2D eigenvalue weighted by atomic mass is 32.2. The van der Waals surface area contributed by atoms with E-state index in [4.69, 9.17) is 5.26 Å². The number of nitrogens with zero attached hydrogens (tertiary/aromatic N) is 2. The molecule has 0 spiro atoms. The fourth-order valence-electron chi connectivity index (χ4n) is 0.943. The maximum Gasteiger partial charge on any atom is 0.402 e. The molecule has 0 aromatic rings. The standard InChI is InChI=1S/C7H11F3N2O2S/c1-6(2)12(5-7(8,9)10)15(13,14)4-3-11/h6H,4-5H2,1-2H3. The number of rotatable bonds is 4. The van der Waals surface area contributed by atoms with Gasteiger partial charge in [0, 0.05) is 6.04 Å². The summed E-state index contributed by atoms with van der Waals surface area (Å²) in [5.74, 6) is -0.943. The highest BCUT2D eigenvalue weighted by Gasteiger charge is 2.37. The van der Waals surface area contributed by atoms with E-state index < -0.39 is 34.5 Å². The number of alkyl halides is 3. The summed E-state index contributed by atoms with van der Waals surface area (Å²) in [6.07, 6.45) is -4.60. The molecular formula is C7H11F3N2O2S. The van der Waals surface area contributed by atoms with Gasteiger partial charge >= 0.3 is 6.18 Å². The minimum atomic E-state index is -4.60. The molecule has 4 nitrogen and oxygen atoms in total. The lowest BCUT2D eigenvalue weighted by Crippen LogP contribution is -2.44. The molecule has 0 bridgehead atoms. The number of hydrogen-bond donors (Lipinski definition) is 0. The SMILES string of the molecule is CC(C)N(CC(F)(F)F)S(=O)(=O)CC#N. The lowest BCUT2D eigenvalue weighted by Gasteiger charge is -2.25. The molecular weight excluding hydrogens is 233 g/mol. The van der Waals surface area contributed by atoms with Crippen LogP contribution in [0.2, 0.25) is 0 Å². The minimum Gasteiger partial charge on any atom is -0.211 e. The third kappa shape index (κ3) is 4.99. The molecule has 15 heavy (non-hydrogen) atoms. The Morgan fingerprint density at radius 2 is 1.87 bits per heavy atom. The van der Waals surface area contributed by atoms with Gasteiger partial charge in [0.2, 0.25) is 10.0 Å². The molecule has 0 saturated heterocycles. The van der Waals surface area contributed by atoms with Gasteiger partial charge in [-0.25, -0.2) is 8.42 Å². The monoisotopic (exact) mass is 244 g/mol. The highest BCUT2D eigenvalue weighted by molar-refractivity contribution is 7.89. The number of halogens is 3. The highest BCUT2D eigenvalue weighted by Crippen LogP contribution is 2.20. The van der Waals surface area contributed by atoms with Gasteiger partial charge in [-0.3, -0.25) is 0 Å². The second-order valence-corrected chi connectivity index (χ2v) is 5.09. The summed E-state index contributed by atoms with van der Waals surface area (Å²) in [7, 11) is -4.15. The molecule has 0 rings (SSSR count). The first-order valence-corrected chi connectivity index (χ1v) is 5.64. The molecule has 88 valence electrons. The Kier molecular flexibility index (Phi) is 4.55. The van der Waals surface area contributed by atoms with E-state index in [0.29, 0.717) is 0 Å². The van der Waals surface area contributed by atoms with Crippen LogP contribution in [-0.4, -0.2) is 37.2 Å². The molecule has 0 aliphatic rings. The lowest BCUT2D eigenvalue weighted by molar-refractivity contribution is -0.138. The molecule has 8 heteroatoms. The molecule has 0 saturated carbocycles.